The highest BCUT2D eigenvalue weighted by molar-refractivity contribution is 5.22. The normalized spacial score (nSPS) is 73.9. The van der Waals surface area contributed by atoms with Crippen molar-refractivity contribution in [2.75, 3.05) is 0 Å². The van der Waals surface area contributed by atoms with Gasteiger partial charge >= 0.3 is 0 Å². The maximum Gasteiger partial charge on any atom is -0.0261 e. The third-order valence-corrected chi connectivity index (χ3v) is 4.05. The van der Waals surface area contributed by atoms with E-state index in [1.807, 2.05) is 0 Å². The topological polar surface area (TPSA) is 0 Å². The number of fused-ring (bicyclic) bond motifs is 1. The number of hydrogen-bond acceptors (Lipinski definition) is 0. The van der Waals surface area contributed by atoms with Crippen LogP contribution >= 0.6 is 0 Å². The summed E-state index contributed by atoms with van der Waals surface area (Å²) in [4.78, 5) is 0. The lowest BCUT2D eigenvalue weighted by atomic mass is 9.81. The van der Waals surface area contributed by atoms with E-state index in [0.29, 0.717) is 0 Å². The molecular weight excluding hydrogens is 96.1 g/mol. The van der Waals surface area contributed by atoms with E-state index >= 15 is 0 Å². The molecule has 0 heteroatoms. The second-order valence-corrected chi connectivity index (χ2v) is 4.17. The van der Waals surface area contributed by atoms with Crippen LogP contribution in [0.25, 0.3) is 0 Å². The smallest absolute Gasteiger partial charge is 0.0261 e. The summed E-state index contributed by atoms with van der Waals surface area (Å²) in [7, 11) is 0. The van der Waals surface area contributed by atoms with E-state index in [-0.39, 0.29) is 0 Å². The van der Waals surface area contributed by atoms with E-state index in [1.165, 1.54) is 17.8 Å². The van der Waals surface area contributed by atoms with Gasteiger partial charge in [-0.1, -0.05) is 6.92 Å². The van der Waals surface area contributed by atoms with Crippen LogP contribution in [0.2, 0.25) is 0 Å². The number of rotatable bonds is 0. The Balaban J connectivity index is 2.08. The van der Waals surface area contributed by atoms with Gasteiger partial charge in [0.05, 0.1) is 0 Å². The summed E-state index contributed by atoms with van der Waals surface area (Å²) >= 11 is 0. The maximum atomic E-state index is 2.50. The van der Waals surface area contributed by atoms with Crippen LogP contribution in [-0.4, -0.2) is 0 Å². The summed E-state index contributed by atoms with van der Waals surface area (Å²) in [5.74, 6) is 3.63. The van der Waals surface area contributed by atoms with Crippen LogP contribution in [0.4, 0.5) is 0 Å². The molecule has 0 radical (unpaired) electrons. The van der Waals surface area contributed by atoms with Crippen LogP contribution in [0.3, 0.4) is 0 Å². The average Bonchev–Trinajstić information content (AvgIpc) is 1.92. The highest BCUT2D eigenvalue weighted by Gasteiger charge is 2.74. The highest BCUT2D eigenvalue weighted by atomic mass is 14.8. The van der Waals surface area contributed by atoms with Crippen molar-refractivity contribution in [3.63, 3.8) is 0 Å². The minimum absolute atomic E-state index is 0.894. The third-order valence-electron chi connectivity index (χ3n) is 4.05. The quantitative estimate of drug-likeness (QED) is 0.445. The summed E-state index contributed by atoms with van der Waals surface area (Å²) in [6, 6.07) is 0. The Morgan fingerprint density at radius 1 is 1.50 bits per heavy atom. The van der Waals surface area contributed by atoms with E-state index in [1.54, 1.807) is 19.3 Å². The van der Waals surface area contributed by atoms with Gasteiger partial charge in [-0.05, 0) is 42.4 Å². The van der Waals surface area contributed by atoms with Crippen LogP contribution in [0, 0.1) is 23.2 Å². The monoisotopic (exact) mass is 108 g/mol. The molecule has 8 heavy (non-hydrogen) atoms. The first-order valence-electron chi connectivity index (χ1n) is 3.82. The van der Waals surface area contributed by atoms with Crippen molar-refractivity contribution in [3.05, 3.63) is 0 Å². The zero-order chi connectivity index (χ0) is 5.35. The van der Waals surface area contributed by atoms with Crippen LogP contribution in [-0.2, 0) is 0 Å². The fraction of sp³-hybridized carbons (Fsp3) is 1.00. The molecule has 4 atom stereocenters. The Hall–Kier alpha value is 0. The van der Waals surface area contributed by atoms with Gasteiger partial charge in [-0.3, -0.25) is 0 Å². The van der Waals surface area contributed by atoms with Crippen LogP contribution in [0.1, 0.15) is 26.2 Å². The summed E-state index contributed by atoms with van der Waals surface area (Å²) in [5.41, 5.74) is 0.894. The summed E-state index contributed by atoms with van der Waals surface area (Å²) < 4.78 is 0. The van der Waals surface area contributed by atoms with Gasteiger partial charge in [0.2, 0.25) is 0 Å². The standard InChI is InChI=1S/C8H12/c1-8-3-2-5-4-6(8)7(5)8/h5-7H,2-4H2,1H3/t5?,6-,7-,8-/m0/s1. The van der Waals surface area contributed by atoms with Gasteiger partial charge in [0.25, 0.3) is 0 Å². The molecule has 3 aliphatic carbocycles. The molecule has 0 amide bonds. The molecule has 0 aromatic carbocycles. The SMILES string of the molecule is C[C@]12CCC3C[C@H]1[C@H]32. The molecule has 3 rings (SSSR count). The van der Waals surface area contributed by atoms with Crippen molar-refractivity contribution in [1.82, 2.24) is 0 Å². The molecule has 3 saturated carbocycles. The van der Waals surface area contributed by atoms with Gasteiger partial charge in [-0.25, -0.2) is 0 Å². The van der Waals surface area contributed by atoms with Crippen molar-refractivity contribution in [1.29, 1.82) is 0 Å². The lowest BCUT2D eigenvalue weighted by molar-refractivity contribution is 0.261. The molecule has 3 fully saturated rings. The molecule has 0 aromatic heterocycles. The Morgan fingerprint density at radius 2 is 2.38 bits per heavy atom. The van der Waals surface area contributed by atoms with Crippen molar-refractivity contribution in [3.8, 4) is 0 Å². The minimum atomic E-state index is 0.894. The lowest BCUT2D eigenvalue weighted by Crippen LogP contribution is -2.15. The third kappa shape index (κ3) is 0.191. The predicted molar refractivity (Wildman–Crippen MR) is 32.4 cm³/mol. The summed E-state index contributed by atoms with van der Waals surface area (Å²) in [6.45, 7) is 2.50. The largest absolute Gasteiger partial charge is 0.0591 e. The van der Waals surface area contributed by atoms with Crippen molar-refractivity contribution in [2.45, 2.75) is 26.2 Å². The van der Waals surface area contributed by atoms with Gasteiger partial charge < -0.3 is 0 Å². The molecule has 0 nitrogen and oxygen atoms in total. The van der Waals surface area contributed by atoms with Gasteiger partial charge in [-0.2, -0.15) is 0 Å². The first-order chi connectivity index (χ1) is 3.82. The minimum Gasteiger partial charge on any atom is -0.0591 e. The second kappa shape index (κ2) is 0.778. The second-order valence-electron chi connectivity index (χ2n) is 4.17. The Morgan fingerprint density at radius 3 is 2.50 bits per heavy atom. The van der Waals surface area contributed by atoms with Crippen LogP contribution < -0.4 is 0 Å². The zero-order valence-electron chi connectivity index (χ0n) is 5.35. The Kier molecular flexibility index (Phi) is 0.381. The van der Waals surface area contributed by atoms with E-state index < -0.39 is 0 Å². The van der Waals surface area contributed by atoms with E-state index in [2.05, 4.69) is 6.92 Å². The van der Waals surface area contributed by atoms with Crippen molar-refractivity contribution < 1.29 is 0 Å². The first-order valence-corrected chi connectivity index (χ1v) is 3.82. The van der Waals surface area contributed by atoms with Gasteiger partial charge in [0.1, 0.15) is 0 Å². The molecule has 1 unspecified atom stereocenters. The van der Waals surface area contributed by atoms with Crippen LogP contribution in [0.5, 0.6) is 0 Å². The molecule has 0 aromatic rings. The molecule has 0 saturated heterocycles. The first kappa shape index (κ1) is 3.92. The molecule has 3 aliphatic rings. The molecule has 0 spiro atoms. The fourth-order valence-electron chi connectivity index (χ4n) is 3.40. The molecular formula is C8H12. The van der Waals surface area contributed by atoms with Crippen molar-refractivity contribution in [2.24, 2.45) is 23.2 Å². The maximum absolute atomic E-state index is 2.50. The van der Waals surface area contributed by atoms with E-state index in [9.17, 15) is 0 Å². The summed E-state index contributed by atoms with van der Waals surface area (Å²) in [5, 5.41) is 0. The van der Waals surface area contributed by atoms with Gasteiger partial charge in [0.15, 0.2) is 0 Å². The Bertz CT molecular complexity index is 143. The zero-order valence-corrected chi connectivity index (χ0v) is 5.35. The predicted octanol–water partition coefficient (Wildman–Crippen LogP) is 2.05. The fourth-order valence-corrected chi connectivity index (χ4v) is 3.40. The molecule has 0 heterocycles. The molecule has 0 aliphatic heterocycles. The molecule has 0 N–H and O–H groups in total. The molecule has 44 valence electrons. The van der Waals surface area contributed by atoms with Gasteiger partial charge in [0, 0.05) is 0 Å². The Labute approximate surface area is 50.3 Å². The molecule has 0 bridgehead atoms. The van der Waals surface area contributed by atoms with Crippen LogP contribution in [0.15, 0.2) is 0 Å². The van der Waals surface area contributed by atoms with E-state index in [0.717, 1.165) is 5.41 Å². The van der Waals surface area contributed by atoms with Crippen molar-refractivity contribution >= 4 is 0 Å². The lowest BCUT2D eigenvalue weighted by Gasteiger charge is -2.24. The highest BCUT2D eigenvalue weighted by Crippen LogP contribution is 2.80. The average molecular weight is 108 g/mol. The van der Waals surface area contributed by atoms with Gasteiger partial charge in [-0.15, -0.1) is 0 Å². The van der Waals surface area contributed by atoms with E-state index in [4.69, 9.17) is 0 Å². The summed E-state index contributed by atoms with van der Waals surface area (Å²) in [6.07, 6.45) is 4.73. The number of hydrogen-bond donors (Lipinski definition) is 0.